The number of Topliss-reactive ketones (excluding diaryl/α,β-unsaturated/α-hetero) is 1. The summed E-state index contributed by atoms with van der Waals surface area (Å²) in [6.07, 6.45) is 0.385. The Balaban J connectivity index is 2.13. The number of rotatable bonds is 8. The van der Waals surface area contributed by atoms with Gasteiger partial charge in [-0.2, -0.15) is 0 Å². The molecule has 0 spiro atoms. The third kappa shape index (κ3) is 5.23. The third-order valence-electron chi connectivity index (χ3n) is 4.75. The summed E-state index contributed by atoms with van der Waals surface area (Å²) >= 11 is 11.9. The van der Waals surface area contributed by atoms with Crippen molar-refractivity contribution in [1.82, 2.24) is 0 Å². The molecule has 0 aliphatic heterocycles. The minimum absolute atomic E-state index is 0.0121. The highest BCUT2D eigenvalue weighted by molar-refractivity contribution is 7.92. The Morgan fingerprint density at radius 1 is 1.00 bits per heavy atom. The first kappa shape index (κ1) is 24.0. The first-order valence-corrected chi connectivity index (χ1v) is 11.9. The maximum absolute atomic E-state index is 13.3. The standard InChI is InChI=1S/C23H21Cl2NO5S/c1-14(2)8-22(27)21-5-3-4-15-9-18(6-7-20(15)21)26(13-23(28)29)32(30,31)19-11-16(24)10-17(25)12-19/h3-7,9-12,14H,8,13H2,1-2H3,(H,28,29). The number of sulfonamides is 1. The smallest absolute Gasteiger partial charge is 0.324 e. The van der Waals surface area contributed by atoms with Gasteiger partial charge in [0.15, 0.2) is 5.78 Å². The number of anilines is 1. The fraction of sp³-hybridized carbons (Fsp3) is 0.217. The van der Waals surface area contributed by atoms with Gasteiger partial charge in [-0.25, -0.2) is 8.42 Å². The van der Waals surface area contributed by atoms with Crippen molar-refractivity contribution in [3.8, 4) is 0 Å². The van der Waals surface area contributed by atoms with E-state index in [9.17, 15) is 23.1 Å². The molecule has 0 saturated heterocycles. The van der Waals surface area contributed by atoms with E-state index in [4.69, 9.17) is 23.2 Å². The van der Waals surface area contributed by atoms with E-state index in [2.05, 4.69) is 0 Å². The molecule has 6 nitrogen and oxygen atoms in total. The summed E-state index contributed by atoms with van der Waals surface area (Å²) in [6.45, 7) is 3.11. The Hall–Kier alpha value is -2.61. The number of hydrogen-bond donors (Lipinski definition) is 1. The largest absolute Gasteiger partial charge is 0.480 e. The summed E-state index contributed by atoms with van der Waals surface area (Å²) in [5, 5.41) is 10.9. The van der Waals surface area contributed by atoms with Crippen LogP contribution in [-0.4, -0.2) is 31.8 Å². The van der Waals surface area contributed by atoms with E-state index >= 15 is 0 Å². The molecule has 32 heavy (non-hydrogen) atoms. The van der Waals surface area contributed by atoms with Crippen molar-refractivity contribution in [2.75, 3.05) is 10.8 Å². The molecular formula is C23H21Cl2NO5S. The number of nitrogens with zero attached hydrogens (tertiary/aromatic N) is 1. The van der Waals surface area contributed by atoms with Crippen molar-refractivity contribution >= 4 is 61.4 Å². The Labute approximate surface area is 196 Å². The van der Waals surface area contributed by atoms with Crippen LogP contribution in [0.3, 0.4) is 0 Å². The average molecular weight is 494 g/mol. The molecule has 0 saturated carbocycles. The van der Waals surface area contributed by atoms with Gasteiger partial charge < -0.3 is 5.11 Å². The fourth-order valence-corrected chi connectivity index (χ4v) is 5.53. The van der Waals surface area contributed by atoms with E-state index in [0.717, 1.165) is 4.31 Å². The number of aliphatic carboxylic acids is 1. The van der Waals surface area contributed by atoms with Gasteiger partial charge in [-0.05, 0) is 47.0 Å². The molecule has 168 valence electrons. The van der Waals surface area contributed by atoms with Crippen molar-refractivity contribution in [3.63, 3.8) is 0 Å². The minimum Gasteiger partial charge on any atom is -0.480 e. The van der Waals surface area contributed by atoms with Crippen LogP contribution in [0, 0.1) is 5.92 Å². The van der Waals surface area contributed by atoms with Crippen molar-refractivity contribution in [3.05, 3.63) is 70.2 Å². The molecular weight excluding hydrogens is 473 g/mol. The van der Waals surface area contributed by atoms with E-state index in [1.54, 1.807) is 30.3 Å². The molecule has 3 aromatic rings. The molecule has 3 aromatic carbocycles. The second-order valence-electron chi connectivity index (χ2n) is 7.74. The van der Waals surface area contributed by atoms with E-state index in [1.165, 1.54) is 24.3 Å². The molecule has 0 amide bonds. The summed E-state index contributed by atoms with van der Waals surface area (Å²) in [5.41, 5.74) is 0.682. The summed E-state index contributed by atoms with van der Waals surface area (Å²) in [7, 11) is -4.29. The third-order valence-corrected chi connectivity index (χ3v) is 6.94. The van der Waals surface area contributed by atoms with Crippen molar-refractivity contribution in [2.24, 2.45) is 5.92 Å². The zero-order chi connectivity index (χ0) is 23.6. The van der Waals surface area contributed by atoms with Gasteiger partial charge in [-0.15, -0.1) is 0 Å². The number of carbonyl (C=O) groups excluding carboxylic acids is 1. The summed E-state index contributed by atoms with van der Waals surface area (Å²) in [5.74, 6) is -1.15. The maximum Gasteiger partial charge on any atom is 0.324 e. The lowest BCUT2D eigenvalue weighted by molar-refractivity contribution is -0.135. The number of fused-ring (bicyclic) bond motifs is 1. The molecule has 0 aromatic heterocycles. The van der Waals surface area contributed by atoms with Gasteiger partial charge in [0.1, 0.15) is 6.54 Å². The first-order valence-electron chi connectivity index (χ1n) is 9.75. The van der Waals surface area contributed by atoms with Crippen LogP contribution in [0.5, 0.6) is 0 Å². The van der Waals surface area contributed by atoms with Crippen molar-refractivity contribution in [1.29, 1.82) is 0 Å². The number of benzene rings is 3. The van der Waals surface area contributed by atoms with Gasteiger partial charge in [-0.1, -0.05) is 61.3 Å². The quantitative estimate of drug-likeness (QED) is 0.409. The molecule has 0 fully saturated rings. The van der Waals surface area contributed by atoms with Crippen LogP contribution in [-0.2, 0) is 14.8 Å². The Bertz CT molecular complexity index is 1280. The van der Waals surface area contributed by atoms with Crippen LogP contribution in [0.4, 0.5) is 5.69 Å². The molecule has 9 heteroatoms. The molecule has 3 rings (SSSR count). The van der Waals surface area contributed by atoms with Gasteiger partial charge in [0.2, 0.25) is 0 Å². The van der Waals surface area contributed by atoms with E-state index < -0.39 is 22.5 Å². The average Bonchev–Trinajstić information content (AvgIpc) is 2.69. The van der Waals surface area contributed by atoms with Gasteiger partial charge in [0.05, 0.1) is 10.6 Å². The van der Waals surface area contributed by atoms with E-state index in [-0.39, 0.29) is 32.3 Å². The van der Waals surface area contributed by atoms with E-state index in [1.807, 2.05) is 13.8 Å². The van der Waals surface area contributed by atoms with Gasteiger partial charge in [0.25, 0.3) is 10.0 Å². The van der Waals surface area contributed by atoms with Gasteiger partial charge in [0, 0.05) is 22.0 Å². The maximum atomic E-state index is 13.3. The topological polar surface area (TPSA) is 91.8 Å². The monoisotopic (exact) mass is 493 g/mol. The molecule has 0 bridgehead atoms. The highest BCUT2D eigenvalue weighted by Gasteiger charge is 2.28. The lowest BCUT2D eigenvalue weighted by atomic mass is 9.96. The van der Waals surface area contributed by atoms with Crippen molar-refractivity contribution in [2.45, 2.75) is 25.2 Å². The Kier molecular flexibility index (Phi) is 7.12. The predicted octanol–water partition coefficient (Wildman–Crippen LogP) is 5.66. The number of halogens is 2. The number of ketones is 1. The molecule has 0 unspecified atom stereocenters. The first-order chi connectivity index (χ1) is 15.0. The second-order valence-corrected chi connectivity index (χ2v) is 10.5. The molecule has 0 atom stereocenters. The van der Waals surface area contributed by atoms with E-state index in [0.29, 0.717) is 22.8 Å². The molecule has 0 radical (unpaired) electrons. The SMILES string of the molecule is CC(C)CC(=O)c1cccc2cc(N(CC(=O)O)S(=O)(=O)c3cc(Cl)cc(Cl)c3)ccc12. The summed E-state index contributed by atoms with van der Waals surface area (Å²) in [4.78, 5) is 23.9. The van der Waals surface area contributed by atoms with Gasteiger partial charge in [-0.3, -0.25) is 13.9 Å². The summed E-state index contributed by atoms with van der Waals surface area (Å²) in [6, 6.07) is 13.7. The van der Waals surface area contributed by atoms with Crippen LogP contribution in [0.1, 0.15) is 30.6 Å². The second kappa shape index (κ2) is 9.48. The number of carboxylic acids is 1. The number of carbonyl (C=O) groups is 2. The lowest BCUT2D eigenvalue weighted by Gasteiger charge is -2.23. The fourth-order valence-electron chi connectivity index (χ4n) is 3.39. The van der Waals surface area contributed by atoms with Crippen LogP contribution in [0.25, 0.3) is 10.8 Å². The molecule has 0 heterocycles. The number of carboxylic acid groups (broad SMARTS) is 1. The summed E-state index contributed by atoms with van der Waals surface area (Å²) < 4.78 is 27.4. The molecule has 0 aliphatic rings. The van der Waals surface area contributed by atoms with Crippen molar-refractivity contribution < 1.29 is 23.1 Å². The van der Waals surface area contributed by atoms with Crippen LogP contribution in [0.15, 0.2) is 59.5 Å². The Morgan fingerprint density at radius 2 is 1.66 bits per heavy atom. The normalized spacial score (nSPS) is 11.7. The minimum atomic E-state index is -4.29. The highest BCUT2D eigenvalue weighted by Crippen LogP contribution is 2.31. The Morgan fingerprint density at radius 3 is 2.25 bits per heavy atom. The lowest BCUT2D eigenvalue weighted by Crippen LogP contribution is -2.35. The van der Waals surface area contributed by atoms with Crippen LogP contribution >= 0.6 is 23.2 Å². The number of hydrogen-bond acceptors (Lipinski definition) is 4. The van der Waals surface area contributed by atoms with Crippen LogP contribution < -0.4 is 4.31 Å². The molecule has 1 N–H and O–H groups in total. The zero-order valence-corrected chi connectivity index (χ0v) is 19.7. The predicted molar refractivity (Wildman–Crippen MR) is 126 cm³/mol. The molecule has 0 aliphatic carbocycles. The van der Waals surface area contributed by atoms with Gasteiger partial charge >= 0.3 is 5.97 Å². The zero-order valence-electron chi connectivity index (χ0n) is 17.4. The highest BCUT2D eigenvalue weighted by atomic mass is 35.5. The van der Waals surface area contributed by atoms with Crippen LogP contribution in [0.2, 0.25) is 10.0 Å².